The van der Waals surface area contributed by atoms with Gasteiger partial charge in [-0.25, -0.2) is 18.3 Å². The lowest BCUT2D eigenvalue weighted by molar-refractivity contribution is -0.113. The lowest BCUT2D eigenvalue weighted by Crippen LogP contribution is -2.43. The summed E-state index contributed by atoms with van der Waals surface area (Å²) >= 11 is 9.07. The topological polar surface area (TPSA) is 132 Å². The summed E-state index contributed by atoms with van der Waals surface area (Å²) in [4.78, 5) is 52.9. The molecule has 0 atom stereocenters. The third-order valence-corrected chi connectivity index (χ3v) is 14.4. The second-order valence-electron chi connectivity index (χ2n) is 15.6. The molecule has 314 valence electrons. The van der Waals surface area contributed by atoms with E-state index < -0.39 is 5.97 Å². The van der Waals surface area contributed by atoms with Crippen LogP contribution in [0.15, 0.2) is 66.4 Å². The fraction of sp³-hybridized carbons (Fsp3) is 0.333. The molecule has 11 nitrogen and oxygen atoms in total. The van der Waals surface area contributed by atoms with Crippen LogP contribution in [-0.2, 0) is 15.3 Å². The van der Waals surface area contributed by atoms with Gasteiger partial charge >= 0.3 is 12.0 Å². The van der Waals surface area contributed by atoms with E-state index in [0.717, 1.165) is 62.8 Å². The number of thiophene rings is 1. The maximum absolute atomic E-state index is 15.2. The Bertz CT molecular complexity index is 2520. The monoisotopic (exact) mass is 871 g/mol. The number of carboxylic acids is 1. The van der Waals surface area contributed by atoms with Gasteiger partial charge in [0.05, 0.1) is 10.6 Å². The molecule has 7 rings (SSSR count). The number of aromatic carboxylic acids is 1. The van der Waals surface area contributed by atoms with Gasteiger partial charge in [-0.1, -0.05) is 54.4 Å². The highest BCUT2D eigenvalue weighted by Crippen LogP contribution is 2.46. The molecule has 0 bridgehead atoms. The summed E-state index contributed by atoms with van der Waals surface area (Å²) in [6.45, 7) is 14.5. The molecule has 0 radical (unpaired) electrons. The van der Waals surface area contributed by atoms with E-state index >= 15 is 4.39 Å². The maximum atomic E-state index is 15.2. The number of piperidine rings is 1. The summed E-state index contributed by atoms with van der Waals surface area (Å²) in [6.07, 6.45) is 4.84. The number of ether oxygens (including phenoxy) is 1. The number of halogens is 2. The highest BCUT2D eigenvalue weighted by atomic mass is 35.5. The molecule has 0 spiro atoms. The Labute approximate surface area is 361 Å². The van der Waals surface area contributed by atoms with Crippen LogP contribution in [-0.4, -0.2) is 76.8 Å². The Morgan fingerprint density at radius 1 is 1.13 bits per heavy atom. The molecular weight excluding hydrogens is 825 g/mol. The highest BCUT2D eigenvalue weighted by Gasteiger charge is 2.33. The first-order valence-electron chi connectivity index (χ1n) is 19.8. The quantitative estimate of drug-likeness (QED) is 0.0895. The number of likely N-dealkylation sites (tertiary alicyclic amines) is 1. The Morgan fingerprint density at radius 2 is 1.90 bits per heavy atom. The van der Waals surface area contributed by atoms with E-state index in [1.54, 1.807) is 21.9 Å². The van der Waals surface area contributed by atoms with E-state index in [0.29, 0.717) is 66.3 Å². The van der Waals surface area contributed by atoms with E-state index in [4.69, 9.17) is 16.3 Å². The van der Waals surface area contributed by atoms with E-state index in [9.17, 15) is 24.3 Å². The average Bonchev–Trinajstić information content (AvgIpc) is 3.69. The number of anilines is 3. The van der Waals surface area contributed by atoms with Gasteiger partial charge in [-0.15, -0.1) is 11.3 Å². The van der Waals surface area contributed by atoms with Crippen LogP contribution in [0.25, 0.3) is 22.6 Å². The first kappa shape index (κ1) is 43.0. The van der Waals surface area contributed by atoms with Gasteiger partial charge in [-0.2, -0.15) is 0 Å². The molecule has 0 unspecified atom stereocenters. The zero-order valence-electron chi connectivity index (χ0n) is 33.9. The van der Waals surface area contributed by atoms with Gasteiger partial charge in [0.1, 0.15) is 17.4 Å². The highest BCUT2D eigenvalue weighted by molar-refractivity contribution is 7.96. The third kappa shape index (κ3) is 8.69. The van der Waals surface area contributed by atoms with E-state index in [-0.39, 0.29) is 51.5 Å². The number of hydrogen-bond acceptors (Lipinski definition) is 9. The van der Waals surface area contributed by atoms with Crippen LogP contribution in [0.3, 0.4) is 0 Å². The lowest BCUT2D eigenvalue weighted by atomic mass is 9.87. The van der Waals surface area contributed by atoms with Crippen molar-refractivity contribution in [3.05, 3.63) is 104 Å². The van der Waals surface area contributed by atoms with Crippen molar-refractivity contribution in [1.82, 2.24) is 9.21 Å². The number of nitrogens with one attached hydrogen (secondary N) is 2. The second kappa shape index (κ2) is 17.8. The van der Waals surface area contributed by atoms with Gasteiger partial charge in [-0.05, 0) is 99.2 Å². The van der Waals surface area contributed by atoms with Crippen LogP contribution in [0.2, 0.25) is 5.02 Å². The van der Waals surface area contributed by atoms with Crippen LogP contribution >= 0.6 is 34.9 Å². The standard InChI is InChI=1S/C45H47ClFN5O6S2/c1-6-51-36-13-11-34(26(2)37(36)27(3)42(51)54)28-14-17-50(18-15-28)44(57)49-32-10-12-35(47)30(23-32)25-59-52-19-16-33(24-45(52,4)5)48-31-9-7-8-29(22-31)40-38(46)39(58-21-20-53)41(60-40)43(55)56/h7-13,16,20,22-23,28,48H,2,6,14-15,17-19,21,24-25H2,1,3-5H3,(H,49,57)(H,55,56). The van der Waals surface area contributed by atoms with Crippen molar-refractivity contribution < 1.29 is 33.4 Å². The average molecular weight is 872 g/mol. The summed E-state index contributed by atoms with van der Waals surface area (Å²) in [5.74, 6) is -0.927. The lowest BCUT2D eigenvalue weighted by Gasteiger charge is -2.41. The van der Waals surface area contributed by atoms with Crippen LogP contribution in [0.4, 0.5) is 26.2 Å². The molecule has 3 aliphatic rings. The smallest absolute Gasteiger partial charge is 0.349 e. The number of carboxylic acid groups (broad SMARTS) is 1. The van der Waals surface area contributed by atoms with Crippen molar-refractivity contribution in [2.75, 3.05) is 48.3 Å². The molecule has 3 aromatic carbocycles. The predicted molar refractivity (Wildman–Crippen MR) is 239 cm³/mol. The van der Waals surface area contributed by atoms with Crippen molar-refractivity contribution in [2.24, 2.45) is 0 Å². The van der Waals surface area contributed by atoms with Crippen LogP contribution in [0.5, 0.6) is 5.75 Å². The first-order valence-corrected chi connectivity index (χ1v) is 21.9. The van der Waals surface area contributed by atoms with Crippen molar-refractivity contribution in [1.29, 1.82) is 0 Å². The van der Waals surface area contributed by atoms with Crippen molar-refractivity contribution in [3.8, 4) is 16.2 Å². The summed E-state index contributed by atoms with van der Waals surface area (Å²) in [5, 5.41) is 18.2. The van der Waals surface area contributed by atoms with Gasteiger partial charge in [-0.3, -0.25) is 9.59 Å². The number of rotatable bonds is 13. The molecule has 1 aromatic heterocycles. The number of carbonyl (C=O) groups is 4. The Hall–Kier alpha value is -5.15. The van der Waals surface area contributed by atoms with Crippen LogP contribution < -0.4 is 30.7 Å². The Morgan fingerprint density at radius 3 is 2.60 bits per heavy atom. The number of fused-ring (bicyclic) bond motifs is 1. The predicted octanol–water partition coefficient (Wildman–Crippen LogP) is 8.47. The maximum Gasteiger partial charge on any atom is 0.349 e. The molecule has 4 heterocycles. The minimum Gasteiger partial charge on any atom is -0.483 e. The van der Waals surface area contributed by atoms with Gasteiger partial charge in [0, 0.05) is 77.3 Å². The minimum absolute atomic E-state index is 0.0221. The zero-order valence-corrected chi connectivity index (χ0v) is 36.3. The number of amides is 3. The van der Waals surface area contributed by atoms with Gasteiger partial charge in [0.2, 0.25) is 0 Å². The normalized spacial score (nSPS) is 16.7. The van der Waals surface area contributed by atoms with Crippen LogP contribution in [0, 0.1) is 5.82 Å². The van der Waals surface area contributed by atoms with Crippen molar-refractivity contribution in [3.63, 3.8) is 0 Å². The summed E-state index contributed by atoms with van der Waals surface area (Å²) < 4.78 is 22.7. The molecule has 0 saturated carbocycles. The van der Waals surface area contributed by atoms with E-state index in [2.05, 4.69) is 47.5 Å². The number of hydrogen-bond donors (Lipinski definition) is 3. The van der Waals surface area contributed by atoms with E-state index in [1.807, 2.05) is 44.2 Å². The number of urea groups is 1. The number of benzene rings is 3. The summed E-state index contributed by atoms with van der Waals surface area (Å²) in [7, 11) is 0. The largest absolute Gasteiger partial charge is 0.483 e. The molecule has 0 aliphatic carbocycles. The molecule has 4 aromatic rings. The Balaban J connectivity index is 0.945. The molecule has 1 fully saturated rings. The molecule has 3 amide bonds. The fourth-order valence-corrected chi connectivity index (χ4v) is 10.7. The number of carbonyl (C=O) groups excluding carboxylic acids is 3. The molecular formula is C45H47ClFN5O6S2. The van der Waals surface area contributed by atoms with E-state index in [1.165, 1.54) is 18.0 Å². The minimum atomic E-state index is -1.19. The summed E-state index contributed by atoms with van der Waals surface area (Å²) in [5.41, 5.74) is 5.99. The zero-order chi connectivity index (χ0) is 42.9. The molecule has 60 heavy (non-hydrogen) atoms. The number of nitrogens with zero attached hydrogens (tertiary/aromatic N) is 3. The SMILES string of the molecule is C=c1c(C2CCN(C(=O)Nc3ccc(F)c(CSN4CC=C(Nc5cccc(-c6sc(C(=O)O)c(OCC=O)c6Cl)c5)CC4(C)C)c3)CC2)ccc2c1=C(C)C(=O)N2CC. The molecule has 3 aliphatic heterocycles. The van der Waals surface area contributed by atoms with Gasteiger partial charge < -0.3 is 30.3 Å². The second-order valence-corrected chi connectivity index (χ2v) is 18.0. The van der Waals surface area contributed by atoms with Crippen molar-refractivity contribution >= 4 is 88.3 Å². The van der Waals surface area contributed by atoms with Crippen LogP contribution in [0.1, 0.15) is 73.7 Å². The van der Waals surface area contributed by atoms with Gasteiger partial charge in [0.25, 0.3) is 5.91 Å². The van der Waals surface area contributed by atoms with Gasteiger partial charge in [0.15, 0.2) is 16.9 Å². The molecule has 3 N–H and O–H groups in total. The fourth-order valence-electron chi connectivity index (χ4n) is 8.20. The number of aldehydes is 1. The first-order chi connectivity index (χ1) is 28.7. The summed E-state index contributed by atoms with van der Waals surface area (Å²) in [6, 6.07) is 16.1. The van der Waals surface area contributed by atoms with Crippen molar-refractivity contribution in [2.45, 2.75) is 64.2 Å². The Kier molecular flexibility index (Phi) is 12.8. The third-order valence-electron chi connectivity index (χ3n) is 11.3. The molecule has 1 saturated heterocycles. The molecule has 15 heteroatoms.